The zero-order valence-electron chi connectivity index (χ0n) is 14.5. The number of aromatic nitrogens is 1. The van der Waals surface area contributed by atoms with E-state index in [-0.39, 0.29) is 10.7 Å². The van der Waals surface area contributed by atoms with Crippen molar-refractivity contribution in [2.45, 2.75) is 18.2 Å². The third-order valence-corrected chi connectivity index (χ3v) is 6.00. The highest BCUT2D eigenvalue weighted by Gasteiger charge is 2.21. The van der Waals surface area contributed by atoms with Gasteiger partial charge in [0.25, 0.3) is 0 Å². The minimum absolute atomic E-state index is 0.258. The number of thiazole rings is 1. The quantitative estimate of drug-likeness (QED) is 0.654. The Kier molecular flexibility index (Phi) is 5.38. The average Bonchev–Trinajstić information content (AvgIpc) is 3.04. The average molecular weight is 391 g/mol. The predicted molar refractivity (Wildman–Crippen MR) is 105 cm³/mol. The third-order valence-electron chi connectivity index (χ3n) is 3.80. The Morgan fingerprint density at radius 1 is 1.12 bits per heavy atom. The van der Waals surface area contributed by atoms with Gasteiger partial charge in [0.15, 0.2) is 15.0 Å². The minimum Gasteiger partial charge on any atom is -0.361 e. The molecule has 0 aliphatic rings. The summed E-state index contributed by atoms with van der Waals surface area (Å²) in [6, 6.07) is 12.9. The number of benzene rings is 2. The fourth-order valence-electron chi connectivity index (χ4n) is 2.59. The normalized spacial score (nSPS) is 11.5. The van der Waals surface area contributed by atoms with Crippen LogP contribution < -0.4 is 5.32 Å². The Balaban J connectivity index is 2.20. The highest BCUT2D eigenvalue weighted by molar-refractivity contribution is 7.90. The van der Waals surface area contributed by atoms with Gasteiger partial charge in [-0.15, -0.1) is 0 Å². The van der Waals surface area contributed by atoms with Gasteiger partial charge >= 0.3 is 0 Å². The Bertz CT molecular complexity index is 1010. The van der Waals surface area contributed by atoms with Crippen LogP contribution in [0.15, 0.2) is 53.4 Å². The molecule has 0 radical (unpaired) electrons. The summed E-state index contributed by atoms with van der Waals surface area (Å²) in [4.78, 5) is 5.64. The summed E-state index contributed by atoms with van der Waals surface area (Å²) < 4.78 is 37.7. The fourth-order valence-corrected chi connectivity index (χ4v) is 4.60. The Morgan fingerprint density at radius 2 is 1.81 bits per heavy atom. The van der Waals surface area contributed by atoms with Crippen LogP contribution in [0.25, 0.3) is 21.7 Å². The topological polar surface area (TPSA) is 59.1 Å². The number of rotatable bonds is 6. The van der Waals surface area contributed by atoms with E-state index in [0.29, 0.717) is 16.4 Å². The lowest BCUT2D eigenvalue weighted by Crippen LogP contribution is -1.99. The van der Waals surface area contributed by atoms with Crippen LogP contribution in [0.5, 0.6) is 0 Å². The summed E-state index contributed by atoms with van der Waals surface area (Å²) in [6.07, 6.45) is 2.14. The minimum atomic E-state index is -3.40. The largest absolute Gasteiger partial charge is 0.361 e. The van der Waals surface area contributed by atoms with Gasteiger partial charge in [0.1, 0.15) is 5.82 Å². The summed E-state index contributed by atoms with van der Waals surface area (Å²) in [5.41, 5.74) is 1.99. The summed E-state index contributed by atoms with van der Waals surface area (Å²) in [5.74, 6) is -0.327. The lowest BCUT2D eigenvalue weighted by molar-refractivity contribution is 0.602. The molecule has 1 N–H and O–H groups in total. The molecule has 1 aromatic heterocycles. The van der Waals surface area contributed by atoms with Crippen LogP contribution in [0, 0.1) is 5.82 Å². The summed E-state index contributed by atoms with van der Waals surface area (Å²) >= 11 is 1.40. The van der Waals surface area contributed by atoms with E-state index in [1.54, 1.807) is 36.4 Å². The van der Waals surface area contributed by atoms with Gasteiger partial charge in [0, 0.05) is 23.9 Å². The van der Waals surface area contributed by atoms with Crippen molar-refractivity contribution < 1.29 is 12.8 Å². The van der Waals surface area contributed by atoms with Gasteiger partial charge in [-0.2, -0.15) is 0 Å². The molecule has 0 bridgehead atoms. The summed E-state index contributed by atoms with van der Waals surface area (Å²) in [7, 11) is -3.40. The van der Waals surface area contributed by atoms with Gasteiger partial charge in [0.05, 0.1) is 15.5 Å². The molecule has 7 heteroatoms. The standard InChI is InChI=1S/C19H19FN2O2S2/c1-3-12-21-19-22-17(13-8-10-14(20)11-9-13)18(25-19)15-6-4-5-7-16(15)26(2,23)24/h4-11H,3,12H2,1-2H3,(H,21,22). The van der Waals surface area contributed by atoms with Crippen molar-refractivity contribution in [3.8, 4) is 21.7 Å². The molecule has 136 valence electrons. The molecule has 3 rings (SSSR count). The smallest absolute Gasteiger partial charge is 0.183 e. The molecule has 3 aromatic rings. The Labute approximate surface area is 156 Å². The van der Waals surface area contributed by atoms with E-state index in [4.69, 9.17) is 0 Å². The first-order valence-corrected chi connectivity index (χ1v) is 10.9. The first-order chi connectivity index (χ1) is 12.4. The lowest BCUT2D eigenvalue weighted by atomic mass is 10.1. The molecule has 2 aromatic carbocycles. The zero-order chi connectivity index (χ0) is 18.7. The third kappa shape index (κ3) is 3.94. The molecule has 0 saturated carbocycles. The van der Waals surface area contributed by atoms with Crippen molar-refractivity contribution in [1.29, 1.82) is 0 Å². The van der Waals surface area contributed by atoms with Crippen molar-refractivity contribution in [2.24, 2.45) is 0 Å². The lowest BCUT2D eigenvalue weighted by Gasteiger charge is -2.08. The van der Waals surface area contributed by atoms with Gasteiger partial charge in [-0.1, -0.05) is 36.5 Å². The molecule has 4 nitrogen and oxygen atoms in total. The monoisotopic (exact) mass is 390 g/mol. The second kappa shape index (κ2) is 7.55. The van der Waals surface area contributed by atoms with Crippen LogP contribution in [0.2, 0.25) is 0 Å². The van der Waals surface area contributed by atoms with Crippen molar-refractivity contribution in [3.63, 3.8) is 0 Å². The number of hydrogen-bond donors (Lipinski definition) is 1. The number of nitrogens with zero attached hydrogens (tertiary/aromatic N) is 1. The van der Waals surface area contributed by atoms with Gasteiger partial charge in [-0.25, -0.2) is 17.8 Å². The fraction of sp³-hybridized carbons (Fsp3) is 0.211. The van der Waals surface area contributed by atoms with Crippen LogP contribution in [0.1, 0.15) is 13.3 Å². The maximum Gasteiger partial charge on any atom is 0.183 e. The van der Waals surface area contributed by atoms with Gasteiger partial charge < -0.3 is 5.32 Å². The SMILES string of the molecule is CCCNc1nc(-c2ccc(F)cc2)c(-c2ccccc2S(C)(=O)=O)s1. The number of halogens is 1. The summed E-state index contributed by atoms with van der Waals surface area (Å²) in [5, 5.41) is 3.96. The van der Waals surface area contributed by atoms with Crippen LogP contribution in [-0.4, -0.2) is 26.2 Å². The van der Waals surface area contributed by atoms with Gasteiger partial charge in [-0.05, 0) is 36.8 Å². The maximum absolute atomic E-state index is 13.3. The molecule has 1 heterocycles. The molecular weight excluding hydrogens is 371 g/mol. The van der Waals surface area contributed by atoms with E-state index in [1.807, 2.05) is 0 Å². The first-order valence-electron chi connectivity index (χ1n) is 8.20. The van der Waals surface area contributed by atoms with E-state index in [2.05, 4.69) is 17.2 Å². The Hall–Kier alpha value is -2.25. The predicted octanol–water partition coefficient (Wildman–Crippen LogP) is 4.84. The highest BCUT2D eigenvalue weighted by atomic mass is 32.2. The maximum atomic E-state index is 13.3. The van der Waals surface area contributed by atoms with E-state index in [1.165, 1.54) is 29.7 Å². The summed E-state index contributed by atoms with van der Waals surface area (Å²) in [6.45, 7) is 2.82. The highest BCUT2D eigenvalue weighted by Crippen LogP contribution is 2.41. The van der Waals surface area contributed by atoms with E-state index in [9.17, 15) is 12.8 Å². The zero-order valence-corrected chi connectivity index (χ0v) is 16.1. The molecule has 0 atom stereocenters. The van der Waals surface area contributed by atoms with Crippen molar-refractivity contribution in [1.82, 2.24) is 4.98 Å². The van der Waals surface area contributed by atoms with Crippen LogP contribution in [-0.2, 0) is 9.84 Å². The second-order valence-corrected chi connectivity index (χ2v) is 8.88. The van der Waals surface area contributed by atoms with Gasteiger partial charge in [-0.3, -0.25) is 0 Å². The number of nitrogens with one attached hydrogen (secondary N) is 1. The molecular formula is C19H19FN2O2S2. The number of anilines is 1. The Morgan fingerprint density at radius 3 is 2.46 bits per heavy atom. The second-order valence-electron chi connectivity index (χ2n) is 5.90. The molecule has 0 unspecified atom stereocenters. The van der Waals surface area contributed by atoms with Crippen LogP contribution >= 0.6 is 11.3 Å². The molecule has 0 saturated heterocycles. The van der Waals surface area contributed by atoms with Crippen molar-refractivity contribution in [2.75, 3.05) is 18.1 Å². The van der Waals surface area contributed by atoms with Crippen LogP contribution in [0.4, 0.5) is 9.52 Å². The van der Waals surface area contributed by atoms with Crippen molar-refractivity contribution >= 4 is 26.3 Å². The van der Waals surface area contributed by atoms with E-state index >= 15 is 0 Å². The van der Waals surface area contributed by atoms with Crippen molar-refractivity contribution in [3.05, 3.63) is 54.3 Å². The molecule has 26 heavy (non-hydrogen) atoms. The van der Waals surface area contributed by atoms with Gasteiger partial charge in [0.2, 0.25) is 0 Å². The number of sulfone groups is 1. The number of hydrogen-bond acceptors (Lipinski definition) is 5. The van der Waals surface area contributed by atoms with E-state index in [0.717, 1.165) is 23.4 Å². The molecule has 0 aliphatic heterocycles. The molecule has 0 aliphatic carbocycles. The molecule has 0 amide bonds. The molecule has 0 spiro atoms. The molecule has 0 fully saturated rings. The van der Waals surface area contributed by atoms with Crippen LogP contribution in [0.3, 0.4) is 0 Å². The first kappa shape index (κ1) is 18.5. The van der Waals surface area contributed by atoms with E-state index < -0.39 is 9.84 Å².